The molecule has 0 amide bonds. The average molecular weight is 446 g/mol. The summed E-state index contributed by atoms with van der Waals surface area (Å²) in [7, 11) is 3.87. The van der Waals surface area contributed by atoms with E-state index in [1.807, 2.05) is 37.2 Å². The van der Waals surface area contributed by atoms with Crippen molar-refractivity contribution in [2.45, 2.75) is 45.1 Å². The van der Waals surface area contributed by atoms with Gasteiger partial charge in [-0.1, -0.05) is 15.9 Å². The molecule has 0 atom stereocenters. The molecule has 0 unspecified atom stereocenters. The number of hydrogen-bond acceptors (Lipinski definition) is 5. The summed E-state index contributed by atoms with van der Waals surface area (Å²) in [6, 6.07) is 6.25. The largest absolute Gasteiger partial charge is 0.381 e. The number of benzene rings is 1. The van der Waals surface area contributed by atoms with Crippen molar-refractivity contribution >= 4 is 44.1 Å². The molecule has 1 aromatic carbocycles. The highest BCUT2D eigenvalue weighted by Crippen LogP contribution is 2.33. The molecular weight excluding hydrogens is 418 g/mol. The van der Waals surface area contributed by atoms with E-state index in [1.165, 1.54) is 0 Å². The SMILES string of the molecule is CC(=O)c1cnc2ccc(Br)cc2c1NC1CCC(CC(=O)CN(C)C)CC1. The van der Waals surface area contributed by atoms with E-state index >= 15 is 0 Å². The first-order chi connectivity index (χ1) is 13.3. The number of nitrogens with one attached hydrogen (secondary N) is 1. The summed E-state index contributed by atoms with van der Waals surface area (Å²) in [5, 5.41) is 4.60. The van der Waals surface area contributed by atoms with Crippen LogP contribution in [0.1, 0.15) is 49.4 Å². The van der Waals surface area contributed by atoms with Crippen molar-refractivity contribution in [3.63, 3.8) is 0 Å². The Morgan fingerprint density at radius 1 is 1.21 bits per heavy atom. The normalized spacial score (nSPS) is 19.8. The van der Waals surface area contributed by atoms with Crippen molar-refractivity contribution in [2.75, 3.05) is 26.0 Å². The summed E-state index contributed by atoms with van der Waals surface area (Å²) in [5.41, 5.74) is 2.39. The molecule has 1 aromatic heterocycles. The molecule has 0 saturated heterocycles. The molecular formula is C22H28BrN3O2. The van der Waals surface area contributed by atoms with Gasteiger partial charge in [0, 0.05) is 28.5 Å². The van der Waals surface area contributed by atoms with Crippen LogP contribution in [0, 0.1) is 5.92 Å². The number of anilines is 1. The zero-order chi connectivity index (χ0) is 20.3. The van der Waals surface area contributed by atoms with Gasteiger partial charge in [0.15, 0.2) is 5.78 Å². The molecule has 1 fully saturated rings. The standard InChI is InChI=1S/C22H28BrN3O2/c1-14(27)20-12-24-21-9-6-16(23)11-19(21)22(20)25-17-7-4-15(5-8-17)10-18(28)13-26(2)3/h6,9,11-12,15,17H,4-5,7-8,10,13H2,1-3H3,(H,24,25). The van der Waals surface area contributed by atoms with Crippen molar-refractivity contribution in [2.24, 2.45) is 5.92 Å². The highest BCUT2D eigenvalue weighted by Gasteiger charge is 2.24. The number of fused-ring (bicyclic) bond motifs is 1. The van der Waals surface area contributed by atoms with Gasteiger partial charge in [-0.2, -0.15) is 0 Å². The van der Waals surface area contributed by atoms with E-state index in [0.29, 0.717) is 36.3 Å². The Labute approximate surface area is 175 Å². The third-order valence-electron chi connectivity index (χ3n) is 5.41. The minimum atomic E-state index is 0.0137. The van der Waals surface area contributed by atoms with Crippen LogP contribution in [0.5, 0.6) is 0 Å². The third kappa shape index (κ3) is 5.17. The minimum absolute atomic E-state index is 0.0137. The fourth-order valence-corrected chi connectivity index (χ4v) is 4.40. The van der Waals surface area contributed by atoms with Gasteiger partial charge < -0.3 is 10.2 Å². The van der Waals surface area contributed by atoms with Crippen LogP contribution in [-0.2, 0) is 4.79 Å². The molecule has 150 valence electrons. The molecule has 0 radical (unpaired) electrons. The molecule has 1 heterocycles. The number of ketones is 2. The van der Waals surface area contributed by atoms with Crippen LogP contribution in [0.3, 0.4) is 0 Å². The Kier molecular flexibility index (Phi) is 6.83. The lowest BCUT2D eigenvalue weighted by Crippen LogP contribution is -2.29. The van der Waals surface area contributed by atoms with Crippen LogP contribution >= 0.6 is 15.9 Å². The van der Waals surface area contributed by atoms with Gasteiger partial charge in [0.1, 0.15) is 5.78 Å². The molecule has 28 heavy (non-hydrogen) atoms. The molecule has 0 spiro atoms. The lowest BCUT2D eigenvalue weighted by atomic mass is 9.83. The number of rotatable bonds is 7. The maximum absolute atomic E-state index is 12.2. The number of pyridine rings is 1. The topological polar surface area (TPSA) is 62.3 Å². The number of likely N-dealkylation sites (N-methyl/N-ethyl adjacent to an activating group) is 1. The van der Waals surface area contributed by atoms with E-state index in [9.17, 15) is 9.59 Å². The summed E-state index contributed by atoms with van der Waals surface area (Å²) >= 11 is 3.53. The van der Waals surface area contributed by atoms with E-state index in [0.717, 1.165) is 46.7 Å². The quantitative estimate of drug-likeness (QED) is 0.626. The van der Waals surface area contributed by atoms with Gasteiger partial charge in [-0.3, -0.25) is 14.6 Å². The van der Waals surface area contributed by atoms with Gasteiger partial charge in [-0.05, 0) is 70.8 Å². The van der Waals surface area contributed by atoms with Gasteiger partial charge in [0.05, 0.1) is 23.3 Å². The molecule has 1 N–H and O–H groups in total. The van der Waals surface area contributed by atoms with Crippen LogP contribution in [0.15, 0.2) is 28.9 Å². The Morgan fingerprint density at radius 2 is 1.93 bits per heavy atom. The van der Waals surface area contributed by atoms with E-state index in [4.69, 9.17) is 0 Å². The highest BCUT2D eigenvalue weighted by atomic mass is 79.9. The van der Waals surface area contributed by atoms with Crippen molar-refractivity contribution in [3.8, 4) is 0 Å². The van der Waals surface area contributed by atoms with Crippen LogP contribution in [-0.4, -0.2) is 48.1 Å². The molecule has 2 aromatic rings. The van der Waals surface area contributed by atoms with E-state index in [2.05, 4.69) is 26.2 Å². The fourth-order valence-electron chi connectivity index (χ4n) is 4.04. The highest BCUT2D eigenvalue weighted by molar-refractivity contribution is 9.10. The van der Waals surface area contributed by atoms with E-state index in [1.54, 1.807) is 13.1 Å². The zero-order valence-electron chi connectivity index (χ0n) is 16.8. The number of nitrogens with zero attached hydrogens (tertiary/aromatic N) is 2. The Morgan fingerprint density at radius 3 is 2.57 bits per heavy atom. The molecule has 1 aliphatic rings. The van der Waals surface area contributed by atoms with Gasteiger partial charge >= 0.3 is 0 Å². The van der Waals surface area contributed by atoms with Gasteiger partial charge in [-0.15, -0.1) is 0 Å². The Bertz CT molecular complexity index is 873. The number of carbonyl (C=O) groups is 2. The predicted molar refractivity (Wildman–Crippen MR) is 117 cm³/mol. The van der Waals surface area contributed by atoms with Crippen molar-refractivity contribution in [3.05, 3.63) is 34.4 Å². The molecule has 0 bridgehead atoms. The average Bonchev–Trinajstić information content (AvgIpc) is 2.62. The van der Waals surface area contributed by atoms with Gasteiger partial charge in [0.2, 0.25) is 0 Å². The smallest absolute Gasteiger partial charge is 0.163 e. The second kappa shape index (κ2) is 9.14. The van der Waals surface area contributed by atoms with Crippen LogP contribution < -0.4 is 5.32 Å². The maximum Gasteiger partial charge on any atom is 0.163 e. The second-order valence-corrected chi connectivity index (χ2v) is 9.02. The van der Waals surface area contributed by atoms with Crippen molar-refractivity contribution in [1.82, 2.24) is 9.88 Å². The first-order valence-electron chi connectivity index (χ1n) is 9.85. The van der Waals surface area contributed by atoms with E-state index in [-0.39, 0.29) is 5.78 Å². The fraction of sp³-hybridized carbons (Fsp3) is 0.500. The number of halogens is 1. The van der Waals surface area contributed by atoms with Crippen molar-refractivity contribution in [1.29, 1.82) is 0 Å². The third-order valence-corrected chi connectivity index (χ3v) is 5.91. The van der Waals surface area contributed by atoms with E-state index < -0.39 is 0 Å². The van der Waals surface area contributed by atoms with Crippen LogP contribution in [0.2, 0.25) is 0 Å². The number of hydrogen-bond donors (Lipinski definition) is 1. The lowest BCUT2D eigenvalue weighted by molar-refractivity contribution is -0.120. The first kappa shape index (κ1) is 20.9. The zero-order valence-corrected chi connectivity index (χ0v) is 18.4. The summed E-state index contributed by atoms with van der Waals surface area (Å²) in [5.74, 6) is 0.811. The Balaban J connectivity index is 1.72. The molecule has 5 nitrogen and oxygen atoms in total. The summed E-state index contributed by atoms with van der Waals surface area (Å²) in [4.78, 5) is 30.6. The molecule has 1 aliphatic carbocycles. The monoisotopic (exact) mass is 445 g/mol. The van der Waals surface area contributed by atoms with Gasteiger partial charge in [-0.25, -0.2) is 0 Å². The number of carbonyl (C=O) groups excluding carboxylic acids is 2. The van der Waals surface area contributed by atoms with Crippen LogP contribution in [0.4, 0.5) is 5.69 Å². The first-order valence-corrected chi connectivity index (χ1v) is 10.6. The summed E-state index contributed by atoms with van der Waals surface area (Å²) in [6.07, 6.45) is 6.45. The predicted octanol–water partition coefficient (Wildman–Crippen LogP) is 4.69. The number of aromatic nitrogens is 1. The molecule has 1 saturated carbocycles. The summed E-state index contributed by atoms with van der Waals surface area (Å²) < 4.78 is 0.966. The van der Waals surface area contributed by atoms with Gasteiger partial charge in [0.25, 0.3) is 0 Å². The second-order valence-electron chi connectivity index (χ2n) is 8.11. The molecule has 6 heteroatoms. The Hall–Kier alpha value is -1.79. The number of Topliss-reactive ketones (excluding diaryl/α,β-unsaturated/α-hetero) is 2. The molecule has 3 rings (SSSR count). The molecule has 0 aliphatic heterocycles. The summed E-state index contributed by atoms with van der Waals surface area (Å²) in [6.45, 7) is 2.11. The van der Waals surface area contributed by atoms with Crippen LogP contribution in [0.25, 0.3) is 10.9 Å². The lowest BCUT2D eigenvalue weighted by Gasteiger charge is -2.30. The minimum Gasteiger partial charge on any atom is -0.381 e. The van der Waals surface area contributed by atoms with Crippen molar-refractivity contribution < 1.29 is 9.59 Å². The maximum atomic E-state index is 12.2.